The fourth-order valence-corrected chi connectivity index (χ4v) is 4.51. The lowest BCUT2D eigenvalue weighted by Crippen LogP contribution is -2.56. The summed E-state index contributed by atoms with van der Waals surface area (Å²) < 4.78 is 0. The van der Waals surface area contributed by atoms with E-state index >= 15 is 0 Å². The van der Waals surface area contributed by atoms with Crippen molar-refractivity contribution in [2.45, 2.75) is 69.7 Å². The lowest BCUT2D eigenvalue weighted by molar-refractivity contribution is 0.125. The van der Waals surface area contributed by atoms with Crippen molar-refractivity contribution in [2.75, 3.05) is 6.54 Å². The molecule has 1 heteroatoms. The van der Waals surface area contributed by atoms with Crippen LogP contribution in [0.3, 0.4) is 0 Å². The van der Waals surface area contributed by atoms with Gasteiger partial charge in [0.15, 0.2) is 0 Å². The van der Waals surface area contributed by atoms with E-state index in [1.165, 1.54) is 57.9 Å². The number of nitrogens with one attached hydrogen (secondary N) is 1. The van der Waals surface area contributed by atoms with E-state index in [2.05, 4.69) is 42.6 Å². The molecule has 0 radical (unpaired) electrons. The molecule has 2 aliphatic rings. The molecule has 2 aliphatic carbocycles. The van der Waals surface area contributed by atoms with Crippen LogP contribution in [0.1, 0.15) is 63.9 Å². The summed E-state index contributed by atoms with van der Waals surface area (Å²) in [6.07, 6.45) is 11.2. The van der Waals surface area contributed by atoms with E-state index in [1.807, 2.05) is 0 Å². The molecule has 1 aromatic rings. The molecule has 0 heterocycles. The fraction of sp³-hybridized carbons (Fsp3) is 0.684. The highest BCUT2D eigenvalue weighted by Crippen LogP contribution is 2.50. The van der Waals surface area contributed by atoms with E-state index < -0.39 is 0 Å². The van der Waals surface area contributed by atoms with Crippen molar-refractivity contribution < 1.29 is 0 Å². The van der Waals surface area contributed by atoms with E-state index in [-0.39, 0.29) is 0 Å². The maximum absolute atomic E-state index is 3.95. The van der Waals surface area contributed by atoms with Crippen LogP contribution in [0.25, 0.3) is 0 Å². The van der Waals surface area contributed by atoms with E-state index in [4.69, 9.17) is 0 Å². The van der Waals surface area contributed by atoms with Crippen LogP contribution >= 0.6 is 0 Å². The Morgan fingerprint density at radius 3 is 2.35 bits per heavy atom. The smallest absolute Gasteiger partial charge is 0.0192 e. The van der Waals surface area contributed by atoms with Gasteiger partial charge in [-0.2, -0.15) is 0 Å². The van der Waals surface area contributed by atoms with Gasteiger partial charge in [-0.1, -0.05) is 56.5 Å². The highest BCUT2D eigenvalue weighted by Gasteiger charge is 2.48. The van der Waals surface area contributed by atoms with Gasteiger partial charge >= 0.3 is 0 Å². The third-order valence-corrected chi connectivity index (χ3v) is 5.68. The van der Waals surface area contributed by atoms with Gasteiger partial charge in [-0.3, -0.25) is 0 Å². The van der Waals surface area contributed by atoms with Crippen LogP contribution in [-0.4, -0.2) is 12.6 Å². The molecule has 0 saturated heterocycles. The molecule has 2 fully saturated rings. The van der Waals surface area contributed by atoms with Crippen LogP contribution in [0.5, 0.6) is 0 Å². The van der Waals surface area contributed by atoms with Gasteiger partial charge in [0.1, 0.15) is 0 Å². The Labute approximate surface area is 124 Å². The predicted molar refractivity (Wildman–Crippen MR) is 86.0 cm³/mol. The van der Waals surface area contributed by atoms with Crippen LogP contribution in [-0.2, 0) is 5.41 Å². The summed E-state index contributed by atoms with van der Waals surface area (Å²) in [5.41, 5.74) is 2.03. The Morgan fingerprint density at radius 1 is 1.10 bits per heavy atom. The second-order valence-corrected chi connectivity index (χ2v) is 6.85. The summed E-state index contributed by atoms with van der Waals surface area (Å²) >= 11 is 0. The minimum atomic E-state index is 0.436. The first kappa shape index (κ1) is 14.1. The molecule has 1 N–H and O–H groups in total. The van der Waals surface area contributed by atoms with Gasteiger partial charge in [-0.15, -0.1) is 0 Å². The molecule has 1 atom stereocenters. The zero-order valence-corrected chi connectivity index (χ0v) is 12.9. The monoisotopic (exact) mass is 271 g/mol. The standard InChI is InChI=1S/C19H29N/c1-2-15-20-18(16-9-6-7-10-16)19(13-8-14-19)17-11-4-3-5-12-17/h3-5,11-12,16,18,20H,2,6-10,13-15H2,1H3. The fourth-order valence-electron chi connectivity index (χ4n) is 4.51. The van der Waals surface area contributed by atoms with Gasteiger partial charge in [-0.25, -0.2) is 0 Å². The quantitative estimate of drug-likeness (QED) is 0.793. The molecule has 0 amide bonds. The van der Waals surface area contributed by atoms with E-state index in [1.54, 1.807) is 5.56 Å². The van der Waals surface area contributed by atoms with Gasteiger partial charge in [-0.05, 0) is 50.1 Å². The second-order valence-electron chi connectivity index (χ2n) is 6.85. The molecular weight excluding hydrogens is 242 g/mol. The average Bonchev–Trinajstić information content (AvgIpc) is 2.96. The molecule has 1 nitrogen and oxygen atoms in total. The first-order chi connectivity index (χ1) is 9.87. The van der Waals surface area contributed by atoms with E-state index in [0.29, 0.717) is 11.5 Å². The molecule has 20 heavy (non-hydrogen) atoms. The normalized spacial score (nSPS) is 23.4. The maximum Gasteiger partial charge on any atom is 0.0192 e. The van der Waals surface area contributed by atoms with Crippen molar-refractivity contribution in [1.29, 1.82) is 0 Å². The van der Waals surface area contributed by atoms with Crippen LogP contribution in [0, 0.1) is 5.92 Å². The maximum atomic E-state index is 3.95. The van der Waals surface area contributed by atoms with Crippen molar-refractivity contribution in [1.82, 2.24) is 5.32 Å². The Hall–Kier alpha value is -0.820. The SMILES string of the molecule is CCCNC(C1CCCC1)C1(c2ccccc2)CCC1. The molecule has 0 aromatic heterocycles. The highest BCUT2D eigenvalue weighted by molar-refractivity contribution is 5.31. The number of hydrogen-bond donors (Lipinski definition) is 1. The molecule has 3 rings (SSSR count). The van der Waals surface area contributed by atoms with Gasteiger partial charge < -0.3 is 5.32 Å². The van der Waals surface area contributed by atoms with Gasteiger partial charge in [0.2, 0.25) is 0 Å². The zero-order valence-electron chi connectivity index (χ0n) is 12.9. The Morgan fingerprint density at radius 2 is 1.80 bits per heavy atom. The third-order valence-electron chi connectivity index (χ3n) is 5.68. The van der Waals surface area contributed by atoms with Gasteiger partial charge in [0.25, 0.3) is 0 Å². The summed E-state index contributed by atoms with van der Waals surface area (Å²) in [6, 6.07) is 12.0. The minimum absolute atomic E-state index is 0.436. The molecule has 110 valence electrons. The minimum Gasteiger partial charge on any atom is -0.313 e. The summed E-state index contributed by atoms with van der Waals surface area (Å²) in [4.78, 5) is 0. The first-order valence-electron chi connectivity index (χ1n) is 8.66. The van der Waals surface area contributed by atoms with Crippen LogP contribution in [0.15, 0.2) is 30.3 Å². The molecule has 2 saturated carbocycles. The first-order valence-corrected chi connectivity index (χ1v) is 8.66. The molecule has 0 bridgehead atoms. The molecular formula is C19H29N. The largest absolute Gasteiger partial charge is 0.313 e. The summed E-state index contributed by atoms with van der Waals surface area (Å²) in [5, 5.41) is 3.95. The third kappa shape index (κ3) is 2.53. The second kappa shape index (κ2) is 6.30. The topological polar surface area (TPSA) is 12.0 Å². The molecule has 0 spiro atoms. The Kier molecular flexibility index (Phi) is 4.45. The van der Waals surface area contributed by atoms with Crippen molar-refractivity contribution in [3.63, 3.8) is 0 Å². The number of benzene rings is 1. The summed E-state index contributed by atoms with van der Waals surface area (Å²) in [6.45, 7) is 3.46. The zero-order chi connectivity index (χ0) is 13.8. The van der Waals surface area contributed by atoms with E-state index in [9.17, 15) is 0 Å². The highest BCUT2D eigenvalue weighted by atomic mass is 14.9. The number of rotatable bonds is 6. The van der Waals surface area contributed by atoms with Crippen molar-refractivity contribution >= 4 is 0 Å². The molecule has 0 aliphatic heterocycles. The van der Waals surface area contributed by atoms with E-state index in [0.717, 1.165) is 5.92 Å². The van der Waals surface area contributed by atoms with Gasteiger partial charge in [0.05, 0.1) is 0 Å². The van der Waals surface area contributed by atoms with Crippen molar-refractivity contribution in [2.24, 2.45) is 5.92 Å². The Bertz CT molecular complexity index is 401. The van der Waals surface area contributed by atoms with Crippen LogP contribution < -0.4 is 5.32 Å². The summed E-state index contributed by atoms with van der Waals surface area (Å²) in [5.74, 6) is 0.905. The van der Waals surface area contributed by atoms with Crippen LogP contribution in [0.4, 0.5) is 0 Å². The van der Waals surface area contributed by atoms with Crippen molar-refractivity contribution in [3.8, 4) is 0 Å². The lowest BCUT2D eigenvalue weighted by atomic mass is 9.57. The number of hydrogen-bond acceptors (Lipinski definition) is 1. The Balaban J connectivity index is 1.86. The van der Waals surface area contributed by atoms with Crippen molar-refractivity contribution in [3.05, 3.63) is 35.9 Å². The average molecular weight is 271 g/mol. The van der Waals surface area contributed by atoms with Gasteiger partial charge in [0, 0.05) is 11.5 Å². The summed E-state index contributed by atoms with van der Waals surface area (Å²) in [7, 11) is 0. The van der Waals surface area contributed by atoms with Crippen LogP contribution in [0.2, 0.25) is 0 Å². The predicted octanol–water partition coefficient (Wildman–Crippen LogP) is 4.67. The lowest BCUT2D eigenvalue weighted by Gasteiger charge is -2.51. The molecule has 1 unspecified atom stereocenters. The molecule has 1 aromatic carbocycles.